The van der Waals surface area contributed by atoms with Crippen molar-refractivity contribution in [2.75, 3.05) is 5.32 Å². The van der Waals surface area contributed by atoms with E-state index in [1.54, 1.807) is 0 Å². The fourth-order valence-corrected chi connectivity index (χ4v) is 7.02. The Bertz CT molecular complexity index is 2010. The first-order chi connectivity index (χ1) is 21.8. The summed E-state index contributed by atoms with van der Waals surface area (Å²) in [5.74, 6) is 0. The lowest BCUT2D eigenvalue weighted by atomic mass is 9.67. The van der Waals surface area contributed by atoms with Gasteiger partial charge in [-0.2, -0.15) is 0 Å². The number of nitrogens with one attached hydrogen (secondary N) is 1. The number of hydrogen-bond donors (Lipinski definition) is 1. The smallest absolute Gasteiger partial charge is 0.0714 e. The molecule has 0 fully saturated rings. The molecule has 0 unspecified atom stereocenters. The van der Waals surface area contributed by atoms with E-state index in [2.05, 4.69) is 187 Å². The van der Waals surface area contributed by atoms with E-state index in [9.17, 15) is 0 Å². The van der Waals surface area contributed by atoms with Crippen LogP contribution in [0.25, 0.3) is 33.4 Å². The van der Waals surface area contributed by atoms with Crippen LogP contribution >= 0.6 is 0 Å². The Hall–Kier alpha value is -5.66. The zero-order chi connectivity index (χ0) is 29.3. The van der Waals surface area contributed by atoms with Crippen molar-refractivity contribution in [1.82, 2.24) is 0 Å². The van der Waals surface area contributed by atoms with Crippen LogP contribution < -0.4 is 5.32 Å². The van der Waals surface area contributed by atoms with Crippen LogP contribution in [0.5, 0.6) is 0 Å². The molecule has 0 saturated carbocycles. The molecular formula is C43H31N. The van der Waals surface area contributed by atoms with E-state index in [4.69, 9.17) is 0 Å². The average Bonchev–Trinajstić information content (AvgIpc) is 3.41. The molecule has 0 heterocycles. The molecule has 1 aliphatic rings. The molecular weight excluding hydrogens is 530 g/mol. The standard InChI is InChI=1S/C43H31N/c1-5-14-31(15-6-1)32-24-26-36(27-25-32)44-37-28-29-39-41(30-37)43(34-18-9-3-10-19-34,35-20-11-4-12-21-35)40-23-13-22-38(42(39)40)33-16-7-2-8-17-33/h1-30,44H. The second-order valence-corrected chi connectivity index (χ2v) is 11.4. The topological polar surface area (TPSA) is 12.0 Å². The average molecular weight is 562 g/mol. The van der Waals surface area contributed by atoms with Crippen molar-refractivity contribution in [1.29, 1.82) is 0 Å². The van der Waals surface area contributed by atoms with E-state index in [-0.39, 0.29) is 0 Å². The van der Waals surface area contributed by atoms with E-state index < -0.39 is 5.41 Å². The second-order valence-electron chi connectivity index (χ2n) is 11.4. The fourth-order valence-electron chi connectivity index (χ4n) is 7.02. The van der Waals surface area contributed by atoms with Gasteiger partial charge in [0.05, 0.1) is 5.41 Å². The van der Waals surface area contributed by atoms with Crippen molar-refractivity contribution >= 4 is 11.4 Å². The van der Waals surface area contributed by atoms with E-state index in [0.29, 0.717) is 0 Å². The first kappa shape index (κ1) is 26.0. The third kappa shape index (κ3) is 4.25. The van der Waals surface area contributed by atoms with E-state index in [1.165, 1.54) is 55.6 Å². The quantitative estimate of drug-likeness (QED) is 0.213. The summed E-state index contributed by atoms with van der Waals surface area (Å²) in [6, 6.07) is 65.7. The summed E-state index contributed by atoms with van der Waals surface area (Å²) in [5, 5.41) is 3.73. The Morgan fingerprint density at radius 3 is 1.48 bits per heavy atom. The predicted octanol–water partition coefficient (Wildman–Crippen LogP) is 11.1. The van der Waals surface area contributed by atoms with Crippen LogP contribution in [0.2, 0.25) is 0 Å². The van der Waals surface area contributed by atoms with Crippen LogP contribution in [0, 0.1) is 0 Å². The summed E-state index contributed by atoms with van der Waals surface area (Å²) < 4.78 is 0. The Labute approximate surface area is 259 Å². The number of hydrogen-bond acceptors (Lipinski definition) is 1. The molecule has 0 aromatic heterocycles. The summed E-state index contributed by atoms with van der Waals surface area (Å²) in [4.78, 5) is 0. The molecule has 1 heteroatoms. The Kier molecular flexibility index (Phi) is 6.43. The zero-order valence-corrected chi connectivity index (χ0v) is 24.3. The largest absolute Gasteiger partial charge is 0.356 e. The minimum absolute atomic E-state index is 0.465. The summed E-state index contributed by atoms with van der Waals surface area (Å²) in [6.07, 6.45) is 0. The summed E-state index contributed by atoms with van der Waals surface area (Å²) >= 11 is 0. The maximum Gasteiger partial charge on any atom is 0.0714 e. The van der Waals surface area contributed by atoms with E-state index in [0.717, 1.165) is 11.4 Å². The molecule has 0 spiro atoms. The van der Waals surface area contributed by atoms with Crippen molar-refractivity contribution < 1.29 is 0 Å². The maximum absolute atomic E-state index is 3.73. The Morgan fingerprint density at radius 1 is 0.341 bits per heavy atom. The van der Waals surface area contributed by atoms with Gasteiger partial charge in [0.15, 0.2) is 0 Å². The van der Waals surface area contributed by atoms with Gasteiger partial charge in [0.2, 0.25) is 0 Å². The molecule has 0 amide bonds. The highest BCUT2D eigenvalue weighted by molar-refractivity contribution is 5.96. The molecule has 1 N–H and O–H groups in total. The van der Waals surface area contributed by atoms with Gasteiger partial charge in [0.25, 0.3) is 0 Å². The maximum atomic E-state index is 3.73. The molecule has 208 valence electrons. The van der Waals surface area contributed by atoms with Crippen LogP contribution in [0.15, 0.2) is 182 Å². The first-order valence-electron chi connectivity index (χ1n) is 15.2. The minimum Gasteiger partial charge on any atom is -0.356 e. The number of rotatable bonds is 6. The SMILES string of the molecule is c1ccc(-c2ccc(Nc3ccc4c(c3)C(c3ccccc3)(c3ccccc3)c3cccc(-c5ccccc5)c3-4)cc2)cc1. The molecule has 8 rings (SSSR count). The van der Waals surface area contributed by atoms with Gasteiger partial charge in [-0.1, -0.05) is 158 Å². The molecule has 7 aromatic rings. The number of benzene rings is 7. The van der Waals surface area contributed by atoms with E-state index in [1.807, 2.05) is 0 Å². The molecule has 1 aliphatic carbocycles. The summed E-state index contributed by atoms with van der Waals surface area (Å²) in [5.41, 5.74) is 14.3. The predicted molar refractivity (Wildman–Crippen MR) is 184 cm³/mol. The van der Waals surface area contributed by atoms with Gasteiger partial charge in [0.1, 0.15) is 0 Å². The highest BCUT2D eigenvalue weighted by Crippen LogP contribution is 2.58. The van der Waals surface area contributed by atoms with Gasteiger partial charge in [-0.3, -0.25) is 0 Å². The number of fused-ring (bicyclic) bond motifs is 3. The van der Waals surface area contributed by atoms with Crippen LogP contribution in [0.4, 0.5) is 11.4 Å². The normalized spacial score (nSPS) is 12.7. The van der Waals surface area contributed by atoms with Gasteiger partial charge in [-0.05, 0) is 79.9 Å². The van der Waals surface area contributed by atoms with Crippen LogP contribution in [0.1, 0.15) is 22.3 Å². The van der Waals surface area contributed by atoms with Crippen LogP contribution in [-0.2, 0) is 5.41 Å². The van der Waals surface area contributed by atoms with Crippen molar-refractivity contribution in [2.24, 2.45) is 0 Å². The Morgan fingerprint density at radius 2 is 0.864 bits per heavy atom. The molecule has 0 radical (unpaired) electrons. The molecule has 7 aromatic carbocycles. The van der Waals surface area contributed by atoms with Crippen LogP contribution in [-0.4, -0.2) is 0 Å². The van der Waals surface area contributed by atoms with Crippen molar-refractivity contribution in [3.63, 3.8) is 0 Å². The molecule has 0 atom stereocenters. The lowest BCUT2D eigenvalue weighted by Gasteiger charge is -2.34. The van der Waals surface area contributed by atoms with Crippen molar-refractivity contribution in [2.45, 2.75) is 5.41 Å². The fraction of sp³-hybridized carbons (Fsp3) is 0.0233. The number of anilines is 2. The van der Waals surface area contributed by atoms with Crippen molar-refractivity contribution in [3.05, 3.63) is 204 Å². The lowest BCUT2D eigenvalue weighted by molar-refractivity contribution is 0.769. The first-order valence-corrected chi connectivity index (χ1v) is 15.2. The van der Waals surface area contributed by atoms with Gasteiger partial charge >= 0.3 is 0 Å². The van der Waals surface area contributed by atoms with Gasteiger partial charge in [-0.25, -0.2) is 0 Å². The Balaban J connectivity index is 1.33. The third-order valence-electron chi connectivity index (χ3n) is 8.94. The summed E-state index contributed by atoms with van der Waals surface area (Å²) in [7, 11) is 0. The third-order valence-corrected chi connectivity index (χ3v) is 8.94. The van der Waals surface area contributed by atoms with Gasteiger partial charge in [0, 0.05) is 11.4 Å². The highest BCUT2D eigenvalue weighted by atomic mass is 14.9. The van der Waals surface area contributed by atoms with E-state index >= 15 is 0 Å². The highest BCUT2D eigenvalue weighted by Gasteiger charge is 2.47. The van der Waals surface area contributed by atoms with Crippen LogP contribution in [0.3, 0.4) is 0 Å². The molecule has 44 heavy (non-hydrogen) atoms. The summed E-state index contributed by atoms with van der Waals surface area (Å²) in [6.45, 7) is 0. The molecule has 0 bridgehead atoms. The minimum atomic E-state index is -0.465. The van der Waals surface area contributed by atoms with Gasteiger partial charge < -0.3 is 5.32 Å². The second kappa shape index (κ2) is 10.9. The molecule has 1 nitrogen and oxygen atoms in total. The molecule has 0 aliphatic heterocycles. The zero-order valence-electron chi connectivity index (χ0n) is 24.3. The monoisotopic (exact) mass is 561 g/mol. The lowest BCUT2D eigenvalue weighted by Crippen LogP contribution is -2.28. The van der Waals surface area contributed by atoms with Gasteiger partial charge in [-0.15, -0.1) is 0 Å². The van der Waals surface area contributed by atoms with Crippen molar-refractivity contribution in [3.8, 4) is 33.4 Å². The molecule has 0 saturated heterocycles.